The second kappa shape index (κ2) is 8.66. The predicted molar refractivity (Wildman–Crippen MR) is 117 cm³/mol. The summed E-state index contributed by atoms with van der Waals surface area (Å²) in [5.41, 5.74) is 2.14. The Hall–Kier alpha value is -3.20. The van der Waals surface area contributed by atoms with Gasteiger partial charge in [-0.15, -0.1) is 0 Å². The van der Waals surface area contributed by atoms with Crippen LogP contribution >= 0.6 is 11.3 Å². The summed E-state index contributed by atoms with van der Waals surface area (Å²) in [6.07, 6.45) is 3.61. The highest BCUT2D eigenvalue weighted by atomic mass is 32.1. The van der Waals surface area contributed by atoms with E-state index in [0.29, 0.717) is 37.1 Å². The predicted octanol–water partition coefficient (Wildman–Crippen LogP) is 3.76. The number of para-hydroxylation sites is 1. The van der Waals surface area contributed by atoms with Crippen LogP contribution in [0.25, 0.3) is 10.2 Å². The van der Waals surface area contributed by atoms with Crippen molar-refractivity contribution in [2.24, 2.45) is 0 Å². The molecule has 0 atom stereocenters. The first-order valence-corrected chi connectivity index (χ1v) is 10.8. The van der Waals surface area contributed by atoms with Gasteiger partial charge in [-0.3, -0.25) is 19.1 Å². The molecule has 0 radical (unpaired) electrons. The van der Waals surface area contributed by atoms with Crippen LogP contribution in [0.3, 0.4) is 0 Å². The summed E-state index contributed by atoms with van der Waals surface area (Å²) in [4.78, 5) is 20.0. The van der Waals surface area contributed by atoms with Crippen LogP contribution in [0.1, 0.15) is 30.0 Å². The highest BCUT2D eigenvalue weighted by molar-refractivity contribution is 7.22. The highest BCUT2D eigenvalue weighted by Gasteiger charge is 2.25. The van der Waals surface area contributed by atoms with Crippen molar-refractivity contribution >= 4 is 32.6 Å². The fourth-order valence-electron chi connectivity index (χ4n) is 3.32. The first kappa shape index (κ1) is 20.1. The molecule has 156 valence electrons. The molecule has 0 aliphatic carbocycles. The van der Waals surface area contributed by atoms with Gasteiger partial charge in [-0.25, -0.2) is 4.98 Å². The number of rotatable bonds is 8. The highest BCUT2D eigenvalue weighted by Crippen LogP contribution is 2.34. The summed E-state index contributed by atoms with van der Waals surface area (Å²) in [7, 11) is 0. The quantitative estimate of drug-likeness (QED) is 0.430. The van der Waals surface area contributed by atoms with Crippen molar-refractivity contribution in [2.45, 2.75) is 33.9 Å². The van der Waals surface area contributed by atoms with Crippen LogP contribution in [-0.4, -0.2) is 43.6 Å². The molecule has 4 rings (SSSR count). The number of fused-ring (bicyclic) bond motifs is 1. The minimum Gasteiger partial charge on any atom is -0.492 e. The van der Waals surface area contributed by atoms with Gasteiger partial charge in [-0.1, -0.05) is 17.4 Å². The summed E-state index contributed by atoms with van der Waals surface area (Å²) in [6.45, 7) is 8.00. The van der Waals surface area contributed by atoms with Gasteiger partial charge in [0.05, 0.1) is 23.5 Å². The summed E-state index contributed by atoms with van der Waals surface area (Å²) in [5.74, 6) is 0.605. The van der Waals surface area contributed by atoms with E-state index >= 15 is 0 Å². The van der Waals surface area contributed by atoms with Crippen molar-refractivity contribution in [3.05, 3.63) is 54.1 Å². The van der Waals surface area contributed by atoms with E-state index in [1.54, 1.807) is 15.8 Å². The van der Waals surface area contributed by atoms with Gasteiger partial charge in [0.25, 0.3) is 5.91 Å². The normalized spacial score (nSPS) is 11.2. The molecule has 0 bridgehead atoms. The minimum absolute atomic E-state index is 0.123. The van der Waals surface area contributed by atoms with E-state index < -0.39 is 0 Å². The Kier molecular flexibility index (Phi) is 5.80. The number of hydrogen-bond donors (Lipinski definition) is 0. The molecule has 0 spiro atoms. The van der Waals surface area contributed by atoms with Crippen molar-refractivity contribution in [3.8, 4) is 5.75 Å². The Bertz CT molecular complexity index is 1150. The van der Waals surface area contributed by atoms with E-state index in [9.17, 15) is 4.79 Å². The molecule has 0 saturated carbocycles. The Morgan fingerprint density at radius 1 is 1.27 bits per heavy atom. The third-order valence-electron chi connectivity index (χ3n) is 4.68. The van der Waals surface area contributed by atoms with Gasteiger partial charge in [0, 0.05) is 25.5 Å². The molecular formula is C21H24N6O2S. The summed E-state index contributed by atoms with van der Waals surface area (Å²) >= 11 is 1.48. The number of nitrogens with zero attached hydrogens (tertiary/aromatic N) is 6. The average molecular weight is 425 g/mol. The van der Waals surface area contributed by atoms with Gasteiger partial charge >= 0.3 is 0 Å². The molecule has 3 heterocycles. The molecule has 0 fully saturated rings. The van der Waals surface area contributed by atoms with Crippen LogP contribution in [-0.2, 0) is 13.1 Å². The van der Waals surface area contributed by atoms with Crippen molar-refractivity contribution < 1.29 is 9.53 Å². The second-order valence-corrected chi connectivity index (χ2v) is 7.75. The lowest BCUT2D eigenvalue weighted by Crippen LogP contribution is -2.35. The van der Waals surface area contributed by atoms with Crippen LogP contribution in [0.15, 0.2) is 42.7 Å². The molecule has 3 aromatic heterocycles. The molecular weight excluding hydrogens is 400 g/mol. The number of anilines is 1. The zero-order chi connectivity index (χ0) is 21.1. The molecule has 9 heteroatoms. The molecule has 0 saturated heterocycles. The topological polar surface area (TPSA) is 78.1 Å². The van der Waals surface area contributed by atoms with E-state index in [1.807, 2.05) is 62.0 Å². The van der Waals surface area contributed by atoms with Gasteiger partial charge < -0.3 is 4.74 Å². The van der Waals surface area contributed by atoms with E-state index in [-0.39, 0.29) is 5.91 Å². The third-order valence-corrected chi connectivity index (χ3v) is 5.72. The molecule has 1 amide bonds. The average Bonchev–Trinajstić information content (AvgIpc) is 3.47. The van der Waals surface area contributed by atoms with Gasteiger partial charge in [-0.2, -0.15) is 10.2 Å². The lowest BCUT2D eigenvalue weighted by molar-refractivity contribution is 0.0975. The number of aryl methyl sites for hydroxylation is 2. The maximum absolute atomic E-state index is 13.6. The molecule has 1 aromatic carbocycles. The molecule has 0 N–H and O–H groups in total. The number of hydrogen-bond acceptors (Lipinski definition) is 6. The molecule has 0 aliphatic rings. The van der Waals surface area contributed by atoms with E-state index in [2.05, 4.69) is 10.2 Å². The Morgan fingerprint density at radius 2 is 2.13 bits per heavy atom. The first-order valence-electron chi connectivity index (χ1n) is 9.96. The van der Waals surface area contributed by atoms with E-state index in [4.69, 9.17) is 9.72 Å². The largest absolute Gasteiger partial charge is 0.492 e. The number of carbonyl (C=O) groups excluding carboxylic acids is 1. The number of carbonyl (C=O) groups is 1. The van der Waals surface area contributed by atoms with Gasteiger partial charge in [0.1, 0.15) is 17.0 Å². The van der Waals surface area contributed by atoms with Crippen molar-refractivity contribution in [3.63, 3.8) is 0 Å². The van der Waals surface area contributed by atoms with Gasteiger partial charge in [0.15, 0.2) is 5.13 Å². The van der Waals surface area contributed by atoms with E-state index in [0.717, 1.165) is 21.7 Å². The van der Waals surface area contributed by atoms with Gasteiger partial charge in [0.2, 0.25) is 0 Å². The fourth-order valence-corrected chi connectivity index (χ4v) is 4.32. The minimum atomic E-state index is -0.123. The van der Waals surface area contributed by atoms with Crippen LogP contribution in [0, 0.1) is 6.92 Å². The number of thiazole rings is 1. The SMILES string of the molecule is CCOc1cccc2sc(N(CCn3cccn3)C(=O)c3cc(C)nn3CC)nc12. The van der Waals surface area contributed by atoms with Crippen molar-refractivity contribution in [1.29, 1.82) is 0 Å². The molecule has 4 aromatic rings. The second-order valence-electron chi connectivity index (χ2n) is 6.74. The maximum atomic E-state index is 13.6. The fraction of sp³-hybridized carbons (Fsp3) is 0.333. The van der Waals surface area contributed by atoms with Crippen LogP contribution in [0.2, 0.25) is 0 Å². The van der Waals surface area contributed by atoms with Crippen molar-refractivity contribution in [1.82, 2.24) is 24.5 Å². The zero-order valence-electron chi connectivity index (χ0n) is 17.3. The lowest BCUT2D eigenvalue weighted by Gasteiger charge is -2.20. The lowest BCUT2D eigenvalue weighted by atomic mass is 10.3. The molecule has 8 nitrogen and oxygen atoms in total. The van der Waals surface area contributed by atoms with E-state index in [1.165, 1.54) is 11.3 Å². The number of benzene rings is 1. The molecule has 0 unspecified atom stereocenters. The first-order chi connectivity index (χ1) is 14.6. The monoisotopic (exact) mass is 424 g/mol. The number of ether oxygens (including phenoxy) is 1. The maximum Gasteiger partial charge on any atom is 0.278 e. The number of aromatic nitrogens is 5. The Balaban J connectivity index is 1.73. The summed E-state index contributed by atoms with van der Waals surface area (Å²) < 4.78 is 10.2. The molecule has 30 heavy (non-hydrogen) atoms. The van der Waals surface area contributed by atoms with Gasteiger partial charge in [-0.05, 0) is 45.0 Å². The smallest absolute Gasteiger partial charge is 0.278 e. The van der Waals surface area contributed by atoms with Crippen molar-refractivity contribution in [2.75, 3.05) is 18.1 Å². The van der Waals surface area contributed by atoms with Crippen LogP contribution in [0.4, 0.5) is 5.13 Å². The van der Waals surface area contributed by atoms with Crippen LogP contribution < -0.4 is 9.64 Å². The summed E-state index contributed by atoms with van der Waals surface area (Å²) in [6, 6.07) is 9.54. The summed E-state index contributed by atoms with van der Waals surface area (Å²) in [5, 5.41) is 9.32. The zero-order valence-corrected chi connectivity index (χ0v) is 18.1. The standard InChI is InChI=1S/C21H24N6O2S/c1-4-27-16(14-15(3)24-27)20(28)26(13-12-25-11-7-10-22-25)21-23-19-17(29-5-2)8-6-9-18(19)30-21/h6-11,14H,4-5,12-13H2,1-3H3. The molecule has 0 aliphatic heterocycles. The number of amides is 1. The van der Waals surface area contributed by atoms with Crippen LogP contribution in [0.5, 0.6) is 5.75 Å². The third kappa shape index (κ3) is 3.93. The Labute approximate surface area is 178 Å². The Morgan fingerprint density at radius 3 is 2.87 bits per heavy atom.